The smallest absolute Gasteiger partial charge is 0.323 e. The van der Waals surface area contributed by atoms with Crippen LogP contribution in [-0.4, -0.2) is 12.6 Å². The molecule has 0 radical (unpaired) electrons. The highest BCUT2D eigenvalue weighted by molar-refractivity contribution is 7.09. The Balaban J connectivity index is 0.00000507. The van der Waals surface area contributed by atoms with Crippen molar-refractivity contribution < 1.29 is 31.1 Å². The van der Waals surface area contributed by atoms with Gasteiger partial charge < -0.3 is 32.4 Å². The maximum atomic E-state index is 12.8. The van der Waals surface area contributed by atoms with Crippen molar-refractivity contribution in [3.63, 3.8) is 0 Å². The number of benzene rings is 2. The van der Waals surface area contributed by atoms with Crippen molar-refractivity contribution in [3.8, 4) is 5.75 Å². The first-order chi connectivity index (χ1) is 18.0. The second kappa shape index (κ2) is 18.2. The maximum absolute atomic E-state index is 12.8. The second-order valence-electron chi connectivity index (χ2n) is 9.56. The summed E-state index contributed by atoms with van der Waals surface area (Å²) in [5, 5.41) is 6.32. The Morgan fingerprint density at radius 1 is 0.947 bits per heavy atom. The fraction of sp³-hybridized carbons (Fsp3) is 0.467. The summed E-state index contributed by atoms with van der Waals surface area (Å²) in [6, 6.07) is 12.9. The van der Waals surface area contributed by atoms with Gasteiger partial charge in [0.2, 0.25) is 5.51 Å². The third kappa shape index (κ3) is 11.7. The van der Waals surface area contributed by atoms with E-state index in [0.717, 1.165) is 30.6 Å². The number of ether oxygens (including phenoxy) is 1. The molecule has 0 bridgehead atoms. The van der Waals surface area contributed by atoms with Crippen molar-refractivity contribution >= 4 is 40.3 Å². The summed E-state index contributed by atoms with van der Waals surface area (Å²) >= 11 is 8.12. The van der Waals surface area contributed by atoms with E-state index in [9.17, 15) is 4.79 Å². The SMILES string of the molecule is CCCCCCCCCCCCOc1c(Cl)cccc1NC(=O)Nc1cccc(C[n+]2csc(C)c2)c1.[Br-]. The van der Waals surface area contributed by atoms with Crippen LogP contribution in [0.5, 0.6) is 5.75 Å². The quantitative estimate of drug-likeness (QED) is 0.152. The molecule has 0 aliphatic carbocycles. The minimum Gasteiger partial charge on any atom is -1.00 e. The average molecular weight is 623 g/mol. The van der Waals surface area contributed by atoms with Crippen molar-refractivity contribution in [2.24, 2.45) is 0 Å². The largest absolute Gasteiger partial charge is 1.00 e. The van der Waals surface area contributed by atoms with Crippen LogP contribution in [0.4, 0.5) is 16.2 Å². The molecule has 0 unspecified atom stereocenters. The van der Waals surface area contributed by atoms with Crippen molar-refractivity contribution in [1.82, 2.24) is 0 Å². The maximum Gasteiger partial charge on any atom is 0.323 e. The number of aryl methyl sites for hydroxylation is 1. The highest BCUT2D eigenvalue weighted by Crippen LogP contribution is 2.33. The van der Waals surface area contributed by atoms with Gasteiger partial charge in [-0.3, -0.25) is 0 Å². The number of carbonyl (C=O) groups is 1. The minimum atomic E-state index is -0.331. The Hall–Kier alpha value is -2.09. The molecule has 0 spiro atoms. The molecule has 2 aromatic carbocycles. The van der Waals surface area contributed by atoms with Crippen LogP contribution in [0.1, 0.15) is 81.6 Å². The molecule has 2 N–H and O–H groups in total. The molecule has 3 rings (SSSR count). The summed E-state index contributed by atoms with van der Waals surface area (Å²) in [5.41, 5.74) is 4.51. The number of para-hydroxylation sites is 1. The summed E-state index contributed by atoms with van der Waals surface area (Å²) < 4.78 is 8.14. The van der Waals surface area contributed by atoms with Gasteiger partial charge in [0.1, 0.15) is 0 Å². The molecule has 3 aromatic rings. The van der Waals surface area contributed by atoms with Crippen LogP contribution in [-0.2, 0) is 6.54 Å². The predicted molar refractivity (Wildman–Crippen MR) is 156 cm³/mol. The zero-order chi connectivity index (χ0) is 26.3. The van der Waals surface area contributed by atoms with Gasteiger partial charge >= 0.3 is 6.03 Å². The van der Waals surface area contributed by atoms with Gasteiger partial charge in [-0.05, 0) is 37.6 Å². The van der Waals surface area contributed by atoms with Gasteiger partial charge in [-0.25, -0.2) is 4.79 Å². The molecular weight excluding hydrogens is 582 g/mol. The van der Waals surface area contributed by atoms with Crippen molar-refractivity contribution in [2.45, 2.75) is 84.6 Å². The van der Waals surface area contributed by atoms with Crippen LogP contribution < -0.4 is 36.9 Å². The number of hydrogen-bond donors (Lipinski definition) is 2. The van der Waals surface area contributed by atoms with Gasteiger partial charge in [-0.2, -0.15) is 4.57 Å². The van der Waals surface area contributed by atoms with Gasteiger partial charge in [0, 0.05) is 11.3 Å². The third-order valence-corrected chi connectivity index (χ3v) is 7.38. The monoisotopic (exact) mass is 621 g/mol. The summed E-state index contributed by atoms with van der Waals surface area (Å²) in [6.45, 7) is 5.69. The topological polar surface area (TPSA) is 54.2 Å². The van der Waals surface area contributed by atoms with E-state index in [4.69, 9.17) is 16.3 Å². The number of carbonyl (C=O) groups excluding carboxylic acids is 1. The summed E-state index contributed by atoms with van der Waals surface area (Å²) in [5.74, 6) is 0.521. The molecule has 0 atom stereocenters. The van der Waals surface area contributed by atoms with Gasteiger partial charge in [0.15, 0.2) is 18.5 Å². The molecule has 8 heteroatoms. The molecule has 1 heterocycles. The Labute approximate surface area is 247 Å². The number of rotatable bonds is 16. The average Bonchev–Trinajstić information content (AvgIpc) is 3.28. The van der Waals surface area contributed by atoms with Crippen molar-refractivity contribution in [3.05, 3.63) is 69.6 Å². The molecule has 0 aliphatic rings. The van der Waals surface area contributed by atoms with Crippen LogP contribution >= 0.6 is 22.9 Å². The Bertz CT molecular complexity index is 1110. The minimum absolute atomic E-state index is 0. The van der Waals surface area contributed by atoms with Gasteiger partial charge in [-0.1, -0.05) is 106 Å². The zero-order valence-electron chi connectivity index (χ0n) is 22.6. The van der Waals surface area contributed by atoms with Crippen LogP contribution in [0.3, 0.4) is 0 Å². The lowest BCUT2D eigenvalue weighted by Crippen LogP contribution is -3.00. The second-order valence-corrected chi connectivity index (χ2v) is 11.1. The summed E-state index contributed by atoms with van der Waals surface area (Å²) in [7, 11) is 0. The fourth-order valence-corrected chi connectivity index (χ4v) is 5.15. The van der Waals surface area contributed by atoms with Crippen LogP contribution in [0.15, 0.2) is 54.2 Å². The zero-order valence-corrected chi connectivity index (χ0v) is 25.8. The van der Waals surface area contributed by atoms with E-state index in [1.54, 1.807) is 17.4 Å². The predicted octanol–water partition coefficient (Wildman–Crippen LogP) is 5.99. The van der Waals surface area contributed by atoms with E-state index in [1.165, 1.54) is 56.2 Å². The molecule has 1 aromatic heterocycles. The van der Waals surface area contributed by atoms with Crippen LogP contribution in [0.25, 0.3) is 0 Å². The molecule has 208 valence electrons. The highest BCUT2D eigenvalue weighted by atomic mass is 79.9. The molecule has 2 amide bonds. The fourth-order valence-electron chi connectivity index (χ4n) is 4.29. The van der Waals surface area contributed by atoms with Gasteiger partial charge in [0.05, 0.1) is 22.2 Å². The van der Waals surface area contributed by atoms with Gasteiger partial charge in [0.25, 0.3) is 0 Å². The lowest BCUT2D eigenvalue weighted by atomic mass is 10.1. The first-order valence-corrected chi connectivity index (χ1v) is 14.8. The molecule has 0 saturated heterocycles. The molecule has 0 fully saturated rings. The molecule has 0 saturated carbocycles. The molecule has 38 heavy (non-hydrogen) atoms. The lowest BCUT2D eigenvalue weighted by Gasteiger charge is -2.15. The van der Waals surface area contributed by atoms with E-state index in [1.807, 2.05) is 30.3 Å². The number of halogens is 2. The van der Waals surface area contributed by atoms with E-state index >= 15 is 0 Å². The van der Waals surface area contributed by atoms with Crippen molar-refractivity contribution in [1.29, 1.82) is 0 Å². The van der Waals surface area contributed by atoms with E-state index in [2.05, 4.69) is 46.8 Å². The Morgan fingerprint density at radius 3 is 2.32 bits per heavy atom. The number of amides is 2. The van der Waals surface area contributed by atoms with Crippen molar-refractivity contribution in [2.75, 3.05) is 17.2 Å². The first-order valence-electron chi connectivity index (χ1n) is 13.6. The molecule has 0 aliphatic heterocycles. The highest BCUT2D eigenvalue weighted by Gasteiger charge is 2.13. The Kier molecular flexibility index (Phi) is 15.4. The number of unbranched alkanes of at least 4 members (excludes halogenated alkanes) is 9. The lowest BCUT2D eigenvalue weighted by molar-refractivity contribution is -0.683. The van der Waals surface area contributed by atoms with Crippen LogP contribution in [0.2, 0.25) is 5.02 Å². The van der Waals surface area contributed by atoms with E-state index in [-0.39, 0.29) is 23.0 Å². The number of hydrogen-bond acceptors (Lipinski definition) is 3. The number of nitrogens with zero attached hydrogens (tertiary/aromatic N) is 1. The molecule has 5 nitrogen and oxygen atoms in total. The first kappa shape index (κ1) is 32.1. The number of thiazole rings is 1. The summed E-state index contributed by atoms with van der Waals surface area (Å²) in [4.78, 5) is 14.0. The Morgan fingerprint density at radius 2 is 1.63 bits per heavy atom. The number of aromatic nitrogens is 1. The number of urea groups is 1. The van der Waals surface area contributed by atoms with Gasteiger partial charge in [-0.15, -0.1) is 0 Å². The molecular formula is C30H41BrClN3O2S. The van der Waals surface area contributed by atoms with Crippen LogP contribution in [0, 0.1) is 6.92 Å². The third-order valence-electron chi connectivity index (χ3n) is 6.23. The number of anilines is 2. The standard InChI is InChI=1S/C30H40ClN3O2S.BrH/c1-3-4-5-6-7-8-9-10-11-12-19-36-29-27(31)17-14-18-28(29)33-30(35)32-26-16-13-15-25(20-26)22-34-21-24(2)37-23-34;/h13-18,20-21,23H,3-12,19,22H2,1-2H3,(H-,32,33,35);1H. The normalized spacial score (nSPS) is 10.6. The van der Waals surface area contributed by atoms with E-state index in [0.29, 0.717) is 23.1 Å². The van der Waals surface area contributed by atoms with E-state index < -0.39 is 0 Å². The summed E-state index contributed by atoms with van der Waals surface area (Å²) in [6.07, 6.45) is 14.8. The number of nitrogens with one attached hydrogen (secondary N) is 2.